The van der Waals surface area contributed by atoms with Gasteiger partial charge in [-0.2, -0.15) is 0 Å². The van der Waals surface area contributed by atoms with Gasteiger partial charge in [0, 0.05) is 17.0 Å². The Morgan fingerprint density at radius 3 is 2.79 bits per heavy atom. The third-order valence-electron chi connectivity index (χ3n) is 1.41. The number of rotatable bonds is 4. The maximum Gasteiger partial charge on any atom is 0.211 e. The molecule has 0 aromatic heterocycles. The first-order valence-electron chi connectivity index (χ1n) is 3.52. The molecule has 0 aliphatic rings. The number of amides is 1. The number of carbonyl (C=O) groups is 1. The molecule has 1 atom stereocenters. The Labute approximate surface area is 82.4 Å². The standard InChI is InChI=1S/C7H8N2O4S/c10-4-8-6-3-5(9-14(12)13)1-2-7(6)11/h1-4,9,11H,(H,8,10)(H,12,13)/p-1. The lowest BCUT2D eigenvalue weighted by Crippen LogP contribution is -2.03. The van der Waals surface area contributed by atoms with E-state index >= 15 is 0 Å². The van der Waals surface area contributed by atoms with Gasteiger partial charge in [-0.25, -0.2) is 0 Å². The summed E-state index contributed by atoms with van der Waals surface area (Å²) in [6, 6.07) is 3.92. The maximum atomic E-state index is 10.3. The highest BCUT2D eigenvalue weighted by molar-refractivity contribution is 7.80. The number of hydrogen-bond donors (Lipinski definition) is 3. The molecule has 0 bridgehead atoms. The summed E-state index contributed by atoms with van der Waals surface area (Å²) in [7, 11) is 0. The fraction of sp³-hybridized carbons (Fsp3) is 0. The van der Waals surface area contributed by atoms with Crippen LogP contribution in [0.5, 0.6) is 5.75 Å². The molecule has 1 aromatic rings. The van der Waals surface area contributed by atoms with Crippen molar-refractivity contribution in [1.29, 1.82) is 0 Å². The van der Waals surface area contributed by atoms with Gasteiger partial charge in [-0.15, -0.1) is 0 Å². The molecule has 3 N–H and O–H groups in total. The highest BCUT2D eigenvalue weighted by atomic mass is 32.2. The van der Waals surface area contributed by atoms with Gasteiger partial charge in [-0.05, 0) is 18.2 Å². The van der Waals surface area contributed by atoms with Crippen LogP contribution < -0.4 is 10.0 Å². The molecule has 0 radical (unpaired) electrons. The summed E-state index contributed by atoms with van der Waals surface area (Å²) in [4.78, 5) is 10.1. The Hall–Kier alpha value is -1.60. The quantitative estimate of drug-likeness (QED) is 0.288. The minimum atomic E-state index is -2.43. The maximum absolute atomic E-state index is 10.3. The summed E-state index contributed by atoms with van der Waals surface area (Å²) in [5.41, 5.74) is 0.385. The average Bonchev–Trinajstić information content (AvgIpc) is 2.10. The number of phenolic OH excluding ortho intramolecular Hbond substituents is 1. The van der Waals surface area contributed by atoms with E-state index in [0.717, 1.165) is 0 Å². The van der Waals surface area contributed by atoms with Gasteiger partial charge in [-0.3, -0.25) is 9.00 Å². The van der Waals surface area contributed by atoms with Crippen LogP contribution in [0.2, 0.25) is 0 Å². The minimum absolute atomic E-state index is 0.135. The summed E-state index contributed by atoms with van der Waals surface area (Å²) in [5, 5.41) is 11.4. The van der Waals surface area contributed by atoms with E-state index in [1.807, 2.05) is 0 Å². The Morgan fingerprint density at radius 1 is 1.50 bits per heavy atom. The fourth-order valence-corrected chi connectivity index (χ4v) is 1.19. The Balaban J connectivity index is 2.93. The van der Waals surface area contributed by atoms with Gasteiger partial charge < -0.3 is 19.7 Å². The number of phenols is 1. The van der Waals surface area contributed by atoms with Gasteiger partial charge in [0.15, 0.2) is 0 Å². The second-order valence-corrected chi connectivity index (χ2v) is 3.00. The summed E-state index contributed by atoms with van der Waals surface area (Å²) < 4.78 is 22.6. The molecule has 0 aliphatic carbocycles. The first kappa shape index (κ1) is 10.5. The normalized spacial score (nSPS) is 11.8. The van der Waals surface area contributed by atoms with E-state index in [9.17, 15) is 18.7 Å². The summed E-state index contributed by atoms with van der Waals surface area (Å²) in [6.45, 7) is 0. The van der Waals surface area contributed by atoms with E-state index in [2.05, 4.69) is 10.0 Å². The lowest BCUT2D eigenvalue weighted by atomic mass is 10.2. The van der Waals surface area contributed by atoms with Crippen molar-refractivity contribution in [3.63, 3.8) is 0 Å². The van der Waals surface area contributed by atoms with Gasteiger partial charge >= 0.3 is 0 Å². The molecule has 0 spiro atoms. The number of nitrogens with one attached hydrogen (secondary N) is 2. The van der Waals surface area contributed by atoms with Crippen molar-refractivity contribution in [1.82, 2.24) is 0 Å². The number of carbonyl (C=O) groups excluding carboxylic acids is 1. The third-order valence-corrected chi connectivity index (χ3v) is 1.81. The van der Waals surface area contributed by atoms with Gasteiger partial charge in [-0.1, -0.05) is 0 Å². The first-order chi connectivity index (χ1) is 6.63. The van der Waals surface area contributed by atoms with Crippen LogP contribution in [0.1, 0.15) is 0 Å². The zero-order valence-corrected chi connectivity index (χ0v) is 7.71. The molecule has 14 heavy (non-hydrogen) atoms. The van der Waals surface area contributed by atoms with Crippen molar-refractivity contribution < 1.29 is 18.7 Å². The highest BCUT2D eigenvalue weighted by Gasteiger charge is 2.01. The van der Waals surface area contributed by atoms with E-state index < -0.39 is 11.3 Å². The number of benzene rings is 1. The number of anilines is 2. The Kier molecular flexibility index (Phi) is 3.43. The average molecular weight is 215 g/mol. The largest absolute Gasteiger partial charge is 0.755 e. The molecule has 1 rings (SSSR count). The first-order valence-corrected chi connectivity index (χ1v) is 4.60. The van der Waals surface area contributed by atoms with Gasteiger partial charge in [0.05, 0.1) is 5.69 Å². The molecule has 1 aromatic carbocycles. The molecule has 76 valence electrons. The predicted molar refractivity (Wildman–Crippen MR) is 50.3 cm³/mol. The second kappa shape index (κ2) is 4.58. The molecular formula is C7H7N2O4S-. The van der Waals surface area contributed by atoms with Crippen LogP contribution in [0, 0.1) is 0 Å². The van der Waals surface area contributed by atoms with Crippen molar-refractivity contribution in [2.24, 2.45) is 0 Å². The molecule has 0 heterocycles. The van der Waals surface area contributed by atoms with Crippen LogP contribution in [-0.2, 0) is 16.1 Å². The van der Waals surface area contributed by atoms with E-state index in [1.54, 1.807) is 0 Å². The van der Waals surface area contributed by atoms with Crippen molar-refractivity contribution in [3.05, 3.63) is 18.2 Å². The SMILES string of the molecule is O=CNc1cc(NS(=O)[O-])ccc1O. The minimum Gasteiger partial charge on any atom is -0.755 e. The van der Waals surface area contributed by atoms with E-state index in [1.165, 1.54) is 18.2 Å². The van der Waals surface area contributed by atoms with Crippen molar-refractivity contribution in [3.8, 4) is 5.75 Å². The topological polar surface area (TPSA) is 101 Å². The van der Waals surface area contributed by atoms with Gasteiger partial charge in [0.1, 0.15) is 5.75 Å². The lowest BCUT2D eigenvalue weighted by Gasteiger charge is -2.10. The molecule has 1 amide bonds. The van der Waals surface area contributed by atoms with E-state index in [0.29, 0.717) is 6.41 Å². The van der Waals surface area contributed by atoms with E-state index in [-0.39, 0.29) is 17.1 Å². The molecule has 0 aliphatic heterocycles. The van der Waals surface area contributed by atoms with Crippen LogP contribution in [0.4, 0.5) is 11.4 Å². The molecule has 0 fully saturated rings. The highest BCUT2D eigenvalue weighted by Crippen LogP contribution is 2.26. The second-order valence-electron chi connectivity index (χ2n) is 2.33. The molecule has 0 saturated carbocycles. The third kappa shape index (κ3) is 2.71. The van der Waals surface area contributed by atoms with Crippen LogP contribution in [-0.4, -0.2) is 20.3 Å². The van der Waals surface area contributed by atoms with Crippen molar-refractivity contribution in [2.75, 3.05) is 10.0 Å². The van der Waals surface area contributed by atoms with Crippen LogP contribution in [0.25, 0.3) is 0 Å². The smallest absolute Gasteiger partial charge is 0.211 e. The number of hydrogen-bond acceptors (Lipinski definition) is 4. The predicted octanol–water partition coefficient (Wildman–Crippen LogP) is 0.167. The van der Waals surface area contributed by atoms with Crippen LogP contribution in [0.15, 0.2) is 18.2 Å². The van der Waals surface area contributed by atoms with Crippen molar-refractivity contribution >= 4 is 29.1 Å². The van der Waals surface area contributed by atoms with E-state index in [4.69, 9.17) is 0 Å². The zero-order valence-electron chi connectivity index (χ0n) is 6.89. The summed E-state index contributed by atoms with van der Waals surface area (Å²) in [5.74, 6) is -0.140. The van der Waals surface area contributed by atoms with Crippen molar-refractivity contribution in [2.45, 2.75) is 0 Å². The molecule has 6 nitrogen and oxygen atoms in total. The molecule has 0 saturated heterocycles. The van der Waals surface area contributed by atoms with Gasteiger partial charge in [0.25, 0.3) is 0 Å². The molecule has 7 heteroatoms. The fourth-order valence-electron chi connectivity index (χ4n) is 0.875. The summed E-state index contributed by atoms with van der Waals surface area (Å²) in [6.07, 6.45) is 0.382. The zero-order chi connectivity index (χ0) is 10.6. The number of aromatic hydroxyl groups is 1. The summed E-state index contributed by atoms with van der Waals surface area (Å²) >= 11 is -2.43. The monoisotopic (exact) mass is 215 g/mol. The Morgan fingerprint density at radius 2 is 2.21 bits per heavy atom. The molecule has 1 unspecified atom stereocenters. The van der Waals surface area contributed by atoms with Crippen LogP contribution >= 0.6 is 0 Å². The molecular weight excluding hydrogens is 208 g/mol. The lowest BCUT2D eigenvalue weighted by molar-refractivity contribution is -0.105. The van der Waals surface area contributed by atoms with Gasteiger partial charge in [0.2, 0.25) is 6.41 Å². The van der Waals surface area contributed by atoms with Crippen LogP contribution in [0.3, 0.4) is 0 Å². The Bertz CT molecular complexity index is 369.